The second-order valence-corrected chi connectivity index (χ2v) is 6.78. The Morgan fingerprint density at radius 2 is 2.15 bits per heavy atom. The Bertz CT molecular complexity index is 620. The Labute approximate surface area is 126 Å². The Hall–Kier alpha value is -1.31. The molecule has 1 unspecified atom stereocenters. The van der Waals surface area contributed by atoms with Gasteiger partial charge in [-0.1, -0.05) is 0 Å². The number of amides is 1. The van der Waals surface area contributed by atoms with Crippen LogP contribution in [-0.2, 0) is 6.54 Å². The van der Waals surface area contributed by atoms with Crippen LogP contribution in [0.4, 0.5) is 0 Å². The third-order valence-corrected chi connectivity index (χ3v) is 5.28. The van der Waals surface area contributed by atoms with Crippen molar-refractivity contribution in [2.24, 2.45) is 5.73 Å². The van der Waals surface area contributed by atoms with E-state index in [1.807, 2.05) is 20.8 Å². The predicted octanol–water partition coefficient (Wildman–Crippen LogP) is 2.51. The Morgan fingerprint density at radius 1 is 1.45 bits per heavy atom. The van der Waals surface area contributed by atoms with Crippen LogP contribution in [0.1, 0.15) is 44.0 Å². The van der Waals surface area contributed by atoms with Gasteiger partial charge < -0.3 is 10.6 Å². The quantitative estimate of drug-likeness (QED) is 0.942. The Morgan fingerprint density at radius 3 is 2.65 bits per heavy atom. The molecule has 20 heavy (non-hydrogen) atoms. The Balaban J connectivity index is 2.19. The van der Waals surface area contributed by atoms with Crippen LogP contribution in [0.2, 0.25) is 0 Å². The number of hydrogen-bond acceptors (Lipinski definition) is 6. The van der Waals surface area contributed by atoms with Crippen LogP contribution in [0, 0.1) is 13.8 Å². The number of carbonyl (C=O) groups excluding carboxylic acids is 1. The van der Waals surface area contributed by atoms with Crippen molar-refractivity contribution in [1.29, 1.82) is 0 Å². The van der Waals surface area contributed by atoms with Gasteiger partial charge >= 0.3 is 0 Å². The predicted molar refractivity (Wildman–Crippen MR) is 82.1 cm³/mol. The summed E-state index contributed by atoms with van der Waals surface area (Å²) in [5, 5.41) is 3.56. The number of carbonyl (C=O) groups is 1. The number of nitrogens with two attached hydrogens (primary N) is 1. The molecule has 0 saturated carbocycles. The zero-order chi connectivity index (χ0) is 14.9. The van der Waals surface area contributed by atoms with Crippen molar-refractivity contribution in [2.75, 3.05) is 7.05 Å². The fourth-order valence-electron chi connectivity index (χ4n) is 1.97. The van der Waals surface area contributed by atoms with E-state index in [1.165, 1.54) is 11.3 Å². The second kappa shape index (κ2) is 5.99. The van der Waals surface area contributed by atoms with Crippen molar-refractivity contribution in [3.63, 3.8) is 0 Å². The average molecular weight is 310 g/mol. The summed E-state index contributed by atoms with van der Waals surface area (Å²) in [5.41, 5.74) is 6.98. The number of aromatic nitrogens is 2. The van der Waals surface area contributed by atoms with Crippen molar-refractivity contribution in [1.82, 2.24) is 14.9 Å². The molecule has 2 aromatic rings. The summed E-state index contributed by atoms with van der Waals surface area (Å²) < 4.78 is 0. The smallest absolute Gasteiger partial charge is 0.273 e. The molecule has 2 N–H and O–H groups in total. The average Bonchev–Trinajstić information content (AvgIpc) is 3.02. The van der Waals surface area contributed by atoms with Crippen LogP contribution >= 0.6 is 22.7 Å². The molecule has 2 aromatic heterocycles. The van der Waals surface area contributed by atoms with Crippen LogP contribution < -0.4 is 5.73 Å². The minimum absolute atomic E-state index is 0.0169. The first-order valence-corrected chi connectivity index (χ1v) is 7.99. The van der Waals surface area contributed by atoms with Gasteiger partial charge in [-0.25, -0.2) is 9.97 Å². The molecule has 2 heterocycles. The molecule has 0 aliphatic heterocycles. The third kappa shape index (κ3) is 2.89. The van der Waals surface area contributed by atoms with Crippen LogP contribution in [0.3, 0.4) is 0 Å². The lowest BCUT2D eigenvalue weighted by Crippen LogP contribution is -2.29. The molecule has 108 valence electrons. The first-order valence-electron chi connectivity index (χ1n) is 6.29. The molecule has 0 aliphatic rings. The molecule has 7 heteroatoms. The highest BCUT2D eigenvalue weighted by atomic mass is 32.1. The van der Waals surface area contributed by atoms with Gasteiger partial charge in [0.1, 0.15) is 10.7 Å². The molecule has 0 aliphatic carbocycles. The van der Waals surface area contributed by atoms with E-state index in [9.17, 15) is 4.79 Å². The first kappa shape index (κ1) is 15.1. The van der Waals surface area contributed by atoms with Gasteiger partial charge in [0.05, 0.1) is 16.7 Å². The molecular formula is C13H18N4OS2. The van der Waals surface area contributed by atoms with E-state index in [1.54, 1.807) is 28.7 Å². The van der Waals surface area contributed by atoms with Crippen LogP contribution in [0.25, 0.3) is 0 Å². The van der Waals surface area contributed by atoms with Gasteiger partial charge in [-0.2, -0.15) is 0 Å². The summed E-state index contributed by atoms with van der Waals surface area (Å²) in [6.45, 7) is 6.32. The van der Waals surface area contributed by atoms with E-state index in [-0.39, 0.29) is 11.9 Å². The van der Waals surface area contributed by atoms with Crippen LogP contribution in [0.5, 0.6) is 0 Å². The zero-order valence-electron chi connectivity index (χ0n) is 12.0. The largest absolute Gasteiger partial charge is 0.333 e. The molecule has 2 rings (SSSR count). The van der Waals surface area contributed by atoms with E-state index >= 15 is 0 Å². The van der Waals surface area contributed by atoms with Gasteiger partial charge in [0.15, 0.2) is 0 Å². The number of aryl methyl sites for hydroxylation is 2. The van der Waals surface area contributed by atoms with E-state index in [2.05, 4.69) is 9.97 Å². The zero-order valence-corrected chi connectivity index (χ0v) is 13.6. The van der Waals surface area contributed by atoms with Crippen molar-refractivity contribution >= 4 is 28.6 Å². The van der Waals surface area contributed by atoms with Crippen LogP contribution in [0.15, 0.2) is 5.38 Å². The van der Waals surface area contributed by atoms with Gasteiger partial charge in [-0.3, -0.25) is 4.79 Å². The van der Waals surface area contributed by atoms with Crippen molar-refractivity contribution < 1.29 is 4.79 Å². The van der Waals surface area contributed by atoms with E-state index < -0.39 is 0 Å². The fraction of sp³-hybridized carbons (Fsp3) is 0.462. The maximum Gasteiger partial charge on any atom is 0.273 e. The summed E-state index contributed by atoms with van der Waals surface area (Å²) in [4.78, 5) is 23.9. The van der Waals surface area contributed by atoms with Crippen LogP contribution in [-0.4, -0.2) is 27.8 Å². The SMILES string of the molecule is Cc1nc(C)c(C(C)N(C)C(=O)c2csc(CN)n2)s1. The molecule has 0 radical (unpaired) electrons. The van der Waals surface area contributed by atoms with Gasteiger partial charge in [0.2, 0.25) is 0 Å². The first-order chi connectivity index (χ1) is 9.43. The number of nitrogens with zero attached hydrogens (tertiary/aromatic N) is 3. The Kier molecular flexibility index (Phi) is 4.52. The lowest BCUT2D eigenvalue weighted by molar-refractivity contribution is 0.0739. The van der Waals surface area contributed by atoms with Crippen molar-refractivity contribution in [3.05, 3.63) is 31.7 Å². The van der Waals surface area contributed by atoms with E-state index in [0.717, 1.165) is 20.6 Å². The maximum absolute atomic E-state index is 12.4. The lowest BCUT2D eigenvalue weighted by atomic mass is 10.2. The third-order valence-electron chi connectivity index (χ3n) is 3.17. The lowest BCUT2D eigenvalue weighted by Gasteiger charge is -2.23. The van der Waals surface area contributed by atoms with E-state index in [4.69, 9.17) is 5.73 Å². The number of thiazole rings is 2. The number of hydrogen-bond donors (Lipinski definition) is 1. The molecule has 1 amide bonds. The highest BCUT2D eigenvalue weighted by Crippen LogP contribution is 2.29. The molecule has 0 aromatic carbocycles. The molecule has 0 saturated heterocycles. The van der Waals surface area contributed by atoms with Gasteiger partial charge in [0, 0.05) is 23.8 Å². The molecule has 5 nitrogen and oxygen atoms in total. The second-order valence-electron chi connectivity index (χ2n) is 4.61. The van der Waals surface area contributed by atoms with Gasteiger partial charge in [0.25, 0.3) is 5.91 Å². The molecular weight excluding hydrogens is 292 g/mol. The van der Waals surface area contributed by atoms with E-state index in [0.29, 0.717) is 12.2 Å². The highest BCUT2D eigenvalue weighted by molar-refractivity contribution is 7.11. The standard InChI is InChI=1S/C13H18N4OS2/c1-7-12(20-9(3)15-7)8(2)17(4)13(18)10-6-19-11(5-14)16-10/h6,8H,5,14H2,1-4H3. The molecule has 0 spiro atoms. The van der Waals surface area contributed by atoms with Crippen molar-refractivity contribution in [3.8, 4) is 0 Å². The maximum atomic E-state index is 12.4. The summed E-state index contributed by atoms with van der Waals surface area (Å²) >= 11 is 3.05. The number of rotatable bonds is 4. The summed E-state index contributed by atoms with van der Waals surface area (Å²) in [6, 6.07) is -0.0169. The monoisotopic (exact) mass is 310 g/mol. The summed E-state index contributed by atoms with van der Waals surface area (Å²) in [6.07, 6.45) is 0. The normalized spacial score (nSPS) is 12.4. The van der Waals surface area contributed by atoms with Gasteiger partial charge in [-0.05, 0) is 20.8 Å². The summed E-state index contributed by atoms with van der Waals surface area (Å²) in [5.74, 6) is -0.0843. The van der Waals surface area contributed by atoms with Gasteiger partial charge in [-0.15, -0.1) is 22.7 Å². The minimum Gasteiger partial charge on any atom is -0.333 e. The minimum atomic E-state index is -0.0843. The molecule has 0 bridgehead atoms. The molecule has 0 fully saturated rings. The highest BCUT2D eigenvalue weighted by Gasteiger charge is 2.23. The molecule has 1 atom stereocenters. The summed E-state index contributed by atoms with van der Waals surface area (Å²) in [7, 11) is 1.79. The topological polar surface area (TPSA) is 72.1 Å². The fourth-order valence-corrected chi connectivity index (χ4v) is 3.64. The van der Waals surface area contributed by atoms with Crippen molar-refractivity contribution in [2.45, 2.75) is 33.4 Å².